The van der Waals surface area contributed by atoms with E-state index in [-0.39, 0.29) is 24.1 Å². The first-order valence-electron chi connectivity index (χ1n) is 10.2. The number of hydrogen-bond donors (Lipinski definition) is 1. The molecule has 0 unspecified atom stereocenters. The van der Waals surface area contributed by atoms with Gasteiger partial charge in [0.05, 0.1) is 4.92 Å². The van der Waals surface area contributed by atoms with E-state index >= 15 is 0 Å². The van der Waals surface area contributed by atoms with Crippen molar-refractivity contribution in [3.05, 3.63) is 81.5 Å². The summed E-state index contributed by atoms with van der Waals surface area (Å²) in [5.41, 5.74) is 1.41. The topological polar surface area (TPSA) is 114 Å². The number of ether oxygens (including phenoxy) is 1. The van der Waals surface area contributed by atoms with Gasteiger partial charge in [0.25, 0.3) is 0 Å². The maximum atomic E-state index is 12.4. The van der Waals surface area contributed by atoms with Crippen LogP contribution in [0.1, 0.15) is 5.56 Å². The van der Waals surface area contributed by atoms with E-state index in [2.05, 4.69) is 15.3 Å². The number of hydrogen-bond acceptors (Lipinski definition) is 8. The van der Waals surface area contributed by atoms with Crippen LogP contribution in [0.25, 0.3) is 0 Å². The van der Waals surface area contributed by atoms with Crippen LogP contribution in [0, 0.1) is 10.1 Å². The van der Waals surface area contributed by atoms with Gasteiger partial charge in [0.2, 0.25) is 11.8 Å². The van der Waals surface area contributed by atoms with Gasteiger partial charge in [0.1, 0.15) is 12.8 Å². The first-order valence-corrected chi connectivity index (χ1v) is 10.6. The highest BCUT2D eigenvalue weighted by Crippen LogP contribution is 2.28. The lowest BCUT2D eigenvalue weighted by molar-refractivity contribution is -0.384. The molecular formula is C22H21ClN6O4. The van der Waals surface area contributed by atoms with Crippen LogP contribution in [-0.4, -0.2) is 52.1 Å². The van der Waals surface area contributed by atoms with Gasteiger partial charge >= 0.3 is 11.8 Å². The quantitative estimate of drug-likeness (QED) is 0.422. The fraction of sp³-hybridized carbons (Fsp3) is 0.227. The largest absolute Gasteiger partial charge is 0.445 e. The zero-order chi connectivity index (χ0) is 23.2. The minimum absolute atomic E-state index is 0.191. The summed E-state index contributed by atoms with van der Waals surface area (Å²) in [5, 5.41) is 15.2. The van der Waals surface area contributed by atoms with Gasteiger partial charge in [-0.25, -0.2) is 9.78 Å². The van der Waals surface area contributed by atoms with Crippen molar-refractivity contribution in [2.75, 3.05) is 36.4 Å². The number of carbonyl (C=O) groups is 1. The number of carbonyl (C=O) groups excluding carboxylic acids is 1. The Kier molecular flexibility index (Phi) is 6.84. The van der Waals surface area contributed by atoms with E-state index in [0.29, 0.717) is 36.9 Å². The molecule has 3 aromatic rings. The molecule has 10 nitrogen and oxygen atoms in total. The number of nitro groups is 1. The second kappa shape index (κ2) is 10.1. The molecule has 1 amide bonds. The number of nitrogens with one attached hydrogen (secondary N) is 1. The molecule has 1 N–H and O–H groups in total. The van der Waals surface area contributed by atoms with Gasteiger partial charge in [-0.2, -0.15) is 4.98 Å². The van der Waals surface area contributed by atoms with E-state index in [4.69, 9.17) is 16.3 Å². The van der Waals surface area contributed by atoms with E-state index in [0.717, 1.165) is 5.56 Å². The Balaban J connectivity index is 1.41. The lowest BCUT2D eigenvalue weighted by Gasteiger charge is -2.34. The Morgan fingerprint density at radius 1 is 1.09 bits per heavy atom. The molecule has 2 heterocycles. The first-order chi connectivity index (χ1) is 16.0. The Morgan fingerprint density at radius 2 is 1.79 bits per heavy atom. The minimum Gasteiger partial charge on any atom is -0.445 e. The maximum absolute atomic E-state index is 12.4. The lowest BCUT2D eigenvalue weighted by atomic mass is 10.2. The summed E-state index contributed by atoms with van der Waals surface area (Å²) < 4.78 is 5.38. The van der Waals surface area contributed by atoms with Crippen molar-refractivity contribution in [3.63, 3.8) is 0 Å². The molecule has 1 aliphatic rings. The summed E-state index contributed by atoms with van der Waals surface area (Å²) in [6, 6.07) is 16.4. The molecule has 0 radical (unpaired) electrons. The highest BCUT2D eigenvalue weighted by Gasteiger charge is 2.28. The minimum atomic E-state index is -0.512. The molecule has 1 fully saturated rings. The molecule has 0 saturated carbocycles. The Labute approximate surface area is 194 Å². The number of piperazine rings is 1. The number of aromatic nitrogens is 2. The van der Waals surface area contributed by atoms with Crippen LogP contribution < -0.4 is 10.2 Å². The van der Waals surface area contributed by atoms with Gasteiger partial charge in [-0.05, 0) is 29.8 Å². The van der Waals surface area contributed by atoms with Gasteiger partial charge in [0, 0.05) is 36.9 Å². The third-order valence-electron chi connectivity index (χ3n) is 5.09. The maximum Gasteiger partial charge on any atom is 0.410 e. The second-order valence-electron chi connectivity index (χ2n) is 7.31. The molecule has 0 spiro atoms. The second-order valence-corrected chi connectivity index (χ2v) is 7.74. The summed E-state index contributed by atoms with van der Waals surface area (Å²) in [6.07, 6.45) is 0.766. The van der Waals surface area contributed by atoms with Crippen molar-refractivity contribution >= 4 is 40.8 Å². The number of nitrogens with zero attached hydrogens (tertiary/aromatic N) is 5. The van der Waals surface area contributed by atoms with Crippen molar-refractivity contribution in [1.29, 1.82) is 0 Å². The summed E-state index contributed by atoms with van der Waals surface area (Å²) in [5.74, 6) is 0.423. The molecule has 0 aliphatic carbocycles. The van der Waals surface area contributed by atoms with Crippen molar-refractivity contribution in [2.24, 2.45) is 0 Å². The third-order valence-corrected chi connectivity index (χ3v) is 5.34. The van der Waals surface area contributed by atoms with Crippen molar-refractivity contribution in [2.45, 2.75) is 6.61 Å². The predicted octanol–water partition coefficient (Wildman–Crippen LogP) is 4.24. The summed E-state index contributed by atoms with van der Waals surface area (Å²) in [6.45, 7) is 1.65. The van der Waals surface area contributed by atoms with Crippen LogP contribution in [0.3, 0.4) is 0 Å². The van der Waals surface area contributed by atoms with Crippen LogP contribution in [0.2, 0.25) is 5.02 Å². The first kappa shape index (κ1) is 22.3. The van der Waals surface area contributed by atoms with Crippen LogP contribution >= 0.6 is 11.6 Å². The molecule has 4 rings (SSSR count). The van der Waals surface area contributed by atoms with E-state index < -0.39 is 11.0 Å². The molecule has 1 aromatic heterocycles. The van der Waals surface area contributed by atoms with Crippen molar-refractivity contribution in [1.82, 2.24) is 14.9 Å². The molecule has 11 heteroatoms. The van der Waals surface area contributed by atoms with Crippen LogP contribution in [0.5, 0.6) is 0 Å². The summed E-state index contributed by atoms with van der Waals surface area (Å²) >= 11 is 5.90. The normalized spacial score (nSPS) is 13.5. The Morgan fingerprint density at radius 3 is 2.45 bits per heavy atom. The molecule has 0 bridgehead atoms. The van der Waals surface area contributed by atoms with E-state index in [1.54, 1.807) is 34.1 Å². The molecule has 2 aromatic carbocycles. The van der Waals surface area contributed by atoms with Gasteiger partial charge in [-0.1, -0.05) is 41.9 Å². The Bertz CT molecular complexity index is 1120. The molecule has 170 valence electrons. The van der Waals surface area contributed by atoms with Crippen molar-refractivity contribution < 1.29 is 14.5 Å². The van der Waals surface area contributed by atoms with Crippen molar-refractivity contribution in [3.8, 4) is 0 Å². The zero-order valence-corrected chi connectivity index (χ0v) is 18.3. The fourth-order valence-electron chi connectivity index (χ4n) is 3.36. The fourth-order valence-corrected chi connectivity index (χ4v) is 3.49. The highest BCUT2D eigenvalue weighted by molar-refractivity contribution is 6.30. The van der Waals surface area contributed by atoms with Crippen LogP contribution in [0.15, 0.2) is 60.8 Å². The monoisotopic (exact) mass is 468 g/mol. The van der Waals surface area contributed by atoms with Crippen LogP contribution in [-0.2, 0) is 11.3 Å². The highest BCUT2D eigenvalue weighted by atomic mass is 35.5. The third kappa shape index (κ3) is 5.66. The van der Waals surface area contributed by atoms with E-state index in [1.807, 2.05) is 30.3 Å². The number of rotatable bonds is 6. The molecular weight excluding hydrogens is 448 g/mol. The number of amides is 1. The molecule has 1 saturated heterocycles. The van der Waals surface area contributed by atoms with Gasteiger partial charge in [-0.3, -0.25) is 10.1 Å². The summed E-state index contributed by atoms with van der Waals surface area (Å²) in [4.78, 5) is 35.2. The predicted molar refractivity (Wildman–Crippen MR) is 124 cm³/mol. The number of halogens is 1. The smallest absolute Gasteiger partial charge is 0.410 e. The average molecular weight is 469 g/mol. The molecule has 1 aliphatic heterocycles. The van der Waals surface area contributed by atoms with Gasteiger partial charge < -0.3 is 19.9 Å². The molecule has 0 atom stereocenters. The van der Waals surface area contributed by atoms with Crippen LogP contribution in [0.4, 0.5) is 27.9 Å². The molecule has 33 heavy (non-hydrogen) atoms. The van der Waals surface area contributed by atoms with Gasteiger partial charge in [0.15, 0.2) is 0 Å². The standard InChI is InChI=1S/C22H21ClN6O4/c23-17-6-8-18(9-7-17)25-21-24-14-19(29(31)32)20(26-21)27-10-12-28(13-11-27)22(30)33-15-16-4-2-1-3-5-16/h1-9,14H,10-13,15H2,(H,24,25,26). The Hall–Kier alpha value is -3.92. The van der Waals surface area contributed by atoms with E-state index in [9.17, 15) is 14.9 Å². The number of anilines is 3. The lowest BCUT2D eigenvalue weighted by Crippen LogP contribution is -2.49. The number of benzene rings is 2. The summed E-state index contributed by atoms with van der Waals surface area (Å²) in [7, 11) is 0. The zero-order valence-electron chi connectivity index (χ0n) is 17.6. The van der Waals surface area contributed by atoms with Gasteiger partial charge in [-0.15, -0.1) is 0 Å². The average Bonchev–Trinajstić information content (AvgIpc) is 2.84. The van der Waals surface area contributed by atoms with E-state index in [1.165, 1.54) is 6.20 Å². The SMILES string of the molecule is O=C(OCc1ccccc1)N1CCN(c2nc(Nc3ccc(Cl)cc3)ncc2[N+](=O)[O-])CC1.